The van der Waals surface area contributed by atoms with Crippen LogP contribution in [0.2, 0.25) is 0 Å². The Balaban J connectivity index is 0.000000671. The summed E-state index contributed by atoms with van der Waals surface area (Å²) in [7, 11) is 1.00. The number of hydrogen-bond donors (Lipinski definition) is 1. The maximum absolute atomic E-state index is 12.8. The highest BCUT2D eigenvalue weighted by molar-refractivity contribution is 5.26. The van der Waals surface area contributed by atoms with Crippen molar-refractivity contribution in [2.75, 3.05) is 7.11 Å². The van der Waals surface area contributed by atoms with Gasteiger partial charge in [0.1, 0.15) is 5.82 Å². The predicted molar refractivity (Wildman–Crippen MR) is 43.9 cm³/mol. The van der Waals surface area contributed by atoms with E-state index in [1.54, 1.807) is 0 Å². The summed E-state index contributed by atoms with van der Waals surface area (Å²) in [6, 6.07) is 0.845. The van der Waals surface area contributed by atoms with Gasteiger partial charge in [0.05, 0.1) is 0 Å². The molecule has 0 spiro atoms. The molecule has 1 nitrogen and oxygen atoms in total. The zero-order chi connectivity index (χ0) is 10.6. The van der Waals surface area contributed by atoms with E-state index in [9.17, 15) is 13.2 Å². The molecule has 0 saturated carbocycles. The van der Waals surface area contributed by atoms with Gasteiger partial charge < -0.3 is 5.11 Å². The number of aliphatic hydroxyl groups is 1. The number of benzene rings is 1. The van der Waals surface area contributed by atoms with Crippen LogP contribution >= 0.6 is 0 Å². The molecular weight excluding hydrogens is 181 g/mol. The number of hydrogen-bond acceptors (Lipinski definition) is 1. The Morgan fingerprint density at radius 2 is 1.46 bits per heavy atom. The van der Waals surface area contributed by atoms with E-state index >= 15 is 0 Å². The van der Waals surface area contributed by atoms with E-state index in [0.29, 0.717) is 0 Å². The summed E-state index contributed by atoms with van der Waals surface area (Å²) in [4.78, 5) is 0. The van der Waals surface area contributed by atoms with Crippen molar-refractivity contribution in [2.24, 2.45) is 0 Å². The van der Waals surface area contributed by atoms with E-state index in [4.69, 9.17) is 5.11 Å². The number of aryl methyl sites for hydroxylation is 1. The molecule has 0 fully saturated rings. The van der Waals surface area contributed by atoms with Crippen LogP contribution in [-0.2, 0) is 0 Å². The zero-order valence-corrected chi connectivity index (χ0v) is 7.66. The third kappa shape index (κ3) is 2.45. The van der Waals surface area contributed by atoms with Crippen LogP contribution in [0, 0.1) is 31.3 Å². The molecule has 0 bridgehead atoms. The molecule has 74 valence electrons. The van der Waals surface area contributed by atoms with E-state index in [1.807, 2.05) is 0 Å². The van der Waals surface area contributed by atoms with Crippen molar-refractivity contribution >= 4 is 0 Å². The van der Waals surface area contributed by atoms with E-state index in [1.165, 1.54) is 13.8 Å². The Labute approximate surface area is 74.8 Å². The van der Waals surface area contributed by atoms with E-state index in [0.717, 1.165) is 13.2 Å². The maximum atomic E-state index is 12.8. The van der Waals surface area contributed by atoms with Crippen molar-refractivity contribution in [3.63, 3.8) is 0 Å². The number of rotatable bonds is 0. The monoisotopic (exact) mass is 192 g/mol. The molecule has 0 aliphatic carbocycles. The lowest BCUT2D eigenvalue weighted by atomic mass is 10.1. The predicted octanol–water partition coefficient (Wildman–Crippen LogP) is 2.33. The molecule has 0 aliphatic rings. The van der Waals surface area contributed by atoms with Crippen LogP contribution in [0.15, 0.2) is 6.07 Å². The Hall–Kier alpha value is -1.03. The normalized spacial score (nSPS) is 9.15. The van der Waals surface area contributed by atoms with Crippen LogP contribution < -0.4 is 0 Å². The molecule has 0 saturated heterocycles. The minimum absolute atomic E-state index is 0.126. The molecule has 0 atom stereocenters. The van der Waals surface area contributed by atoms with Crippen molar-refractivity contribution in [3.05, 3.63) is 34.6 Å². The first-order chi connectivity index (χ1) is 6.04. The van der Waals surface area contributed by atoms with Crippen molar-refractivity contribution in [2.45, 2.75) is 13.8 Å². The van der Waals surface area contributed by atoms with Gasteiger partial charge in [-0.05, 0) is 25.5 Å². The van der Waals surface area contributed by atoms with Gasteiger partial charge in [0.2, 0.25) is 0 Å². The first kappa shape index (κ1) is 12.0. The first-order valence-electron chi connectivity index (χ1n) is 3.59. The second-order valence-corrected chi connectivity index (χ2v) is 2.43. The van der Waals surface area contributed by atoms with Crippen molar-refractivity contribution in [1.82, 2.24) is 0 Å². The highest BCUT2D eigenvalue weighted by atomic mass is 19.2. The zero-order valence-electron chi connectivity index (χ0n) is 7.66. The molecule has 4 heteroatoms. The van der Waals surface area contributed by atoms with Gasteiger partial charge in [-0.3, -0.25) is 0 Å². The molecule has 0 radical (unpaired) electrons. The van der Waals surface area contributed by atoms with E-state index in [-0.39, 0.29) is 11.1 Å². The van der Waals surface area contributed by atoms with Gasteiger partial charge in [-0.1, -0.05) is 0 Å². The average molecular weight is 192 g/mol. The second-order valence-electron chi connectivity index (χ2n) is 2.43. The molecule has 0 unspecified atom stereocenters. The van der Waals surface area contributed by atoms with Crippen LogP contribution in [-0.4, -0.2) is 12.2 Å². The summed E-state index contributed by atoms with van der Waals surface area (Å²) < 4.78 is 37.8. The average Bonchev–Trinajstić information content (AvgIpc) is 2.15. The molecule has 1 aromatic rings. The summed E-state index contributed by atoms with van der Waals surface area (Å²) in [6.07, 6.45) is 0. The summed E-state index contributed by atoms with van der Waals surface area (Å²) >= 11 is 0. The van der Waals surface area contributed by atoms with Gasteiger partial charge in [0.25, 0.3) is 0 Å². The summed E-state index contributed by atoms with van der Waals surface area (Å²) in [5, 5.41) is 7.00. The molecular formula is C9H11F3O. The van der Waals surface area contributed by atoms with Gasteiger partial charge in [-0.25, -0.2) is 13.2 Å². The first-order valence-corrected chi connectivity index (χ1v) is 3.59. The second kappa shape index (κ2) is 4.87. The Bertz CT molecular complexity index is 271. The highest BCUT2D eigenvalue weighted by Crippen LogP contribution is 2.17. The summed E-state index contributed by atoms with van der Waals surface area (Å²) in [5.41, 5.74) is -0.135. The molecule has 1 rings (SSSR count). The van der Waals surface area contributed by atoms with Crippen molar-refractivity contribution in [3.8, 4) is 0 Å². The van der Waals surface area contributed by atoms with Crippen LogP contribution in [0.3, 0.4) is 0 Å². The third-order valence-corrected chi connectivity index (χ3v) is 1.56. The number of aliphatic hydroxyl groups excluding tert-OH is 1. The molecule has 0 aromatic heterocycles. The fourth-order valence-corrected chi connectivity index (χ4v) is 0.888. The van der Waals surface area contributed by atoms with Gasteiger partial charge in [0, 0.05) is 12.7 Å². The van der Waals surface area contributed by atoms with Crippen LogP contribution in [0.25, 0.3) is 0 Å². The van der Waals surface area contributed by atoms with Gasteiger partial charge in [-0.15, -0.1) is 0 Å². The van der Waals surface area contributed by atoms with Crippen molar-refractivity contribution in [1.29, 1.82) is 0 Å². The smallest absolute Gasteiger partial charge is 0.164 e. The fraction of sp³-hybridized carbons (Fsp3) is 0.333. The van der Waals surface area contributed by atoms with Crippen LogP contribution in [0.1, 0.15) is 11.1 Å². The molecule has 1 aromatic carbocycles. The molecule has 1 N–H and O–H groups in total. The maximum Gasteiger partial charge on any atom is 0.164 e. The van der Waals surface area contributed by atoms with E-state index in [2.05, 4.69) is 0 Å². The largest absolute Gasteiger partial charge is 0.400 e. The van der Waals surface area contributed by atoms with Crippen molar-refractivity contribution < 1.29 is 18.3 Å². The molecule has 0 amide bonds. The fourth-order valence-electron chi connectivity index (χ4n) is 0.888. The minimum atomic E-state index is -1.10. The Morgan fingerprint density at radius 1 is 1.00 bits per heavy atom. The van der Waals surface area contributed by atoms with Crippen LogP contribution in [0.5, 0.6) is 0 Å². The minimum Gasteiger partial charge on any atom is -0.400 e. The lowest BCUT2D eigenvalue weighted by molar-refractivity contribution is 0.399. The lowest BCUT2D eigenvalue weighted by Crippen LogP contribution is -1.96. The quantitative estimate of drug-likeness (QED) is 0.625. The topological polar surface area (TPSA) is 20.2 Å². The number of halogens is 3. The van der Waals surface area contributed by atoms with Gasteiger partial charge >= 0.3 is 0 Å². The van der Waals surface area contributed by atoms with Gasteiger partial charge in [0.15, 0.2) is 11.6 Å². The summed E-state index contributed by atoms with van der Waals surface area (Å²) in [5.74, 6) is -2.78. The highest BCUT2D eigenvalue weighted by Gasteiger charge is 2.11. The van der Waals surface area contributed by atoms with Gasteiger partial charge in [-0.2, -0.15) is 0 Å². The molecule has 13 heavy (non-hydrogen) atoms. The van der Waals surface area contributed by atoms with E-state index < -0.39 is 17.5 Å². The SMILES string of the molecule is CO.Cc1cc(F)c(F)c(C)c1F. The standard InChI is InChI=1S/C8H7F3.CH4O/c1-4-3-6(9)8(11)5(2)7(4)10;1-2/h3H,1-2H3;2H,1H3. The van der Waals surface area contributed by atoms with Crippen LogP contribution in [0.4, 0.5) is 13.2 Å². The molecule has 0 aliphatic heterocycles. The lowest BCUT2D eigenvalue weighted by Gasteiger charge is -2.02. The summed E-state index contributed by atoms with van der Waals surface area (Å²) in [6.45, 7) is 2.60. The Morgan fingerprint density at radius 3 is 1.92 bits per heavy atom. The third-order valence-electron chi connectivity index (χ3n) is 1.56. The molecule has 0 heterocycles. The Kier molecular flexibility index (Phi) is 4.48.